The molecule has 0 heterocycles. The molecule has 0 spiro atoms. The molecule has 1 rings (SSSR count). The number of sulfonamides is 1. The van der Waals surface area contributed by atoms with E-state index in [2.05, 4.69) is 10.3 Å². The molecule has 0 aliphatic carbocycles. The molecule has 114 valence electrons. The van der Waals surface area contributed by atoms with E-state index in [1.165, 1.54) is 22.1 Å². The van der Waals surface area contributed by atoms with Gasteiger partial charge in [-0.15, -0.1) is 0 Å². The van der Waals surface area contributed by atoms with E-state index in [0.29, 0.717) is 23.9 Å². The van der Waals surface area contributed by atoms with Crippen LogP contribution >= 0.6 is 11.8 Å². The lowest BCUT2D eigenvalue weighted by Gasteiger charge is -2.19. The highest BCUT2D eigenvalue weighted by Gasteiger charge is 2.24. The molecule has 0 saturated carbocycles. The summed E-state index contributed by atoms with van der Waals surface area (Å²) in [5.41, 5.74) is 0.316. The van der Waals surface area contributed by atoms with Crippen LogP contribution in [-0.2, 0) is 10.0 Å². The van der Waals surface area contributed by atoms with E-state index < -0.39 is 10.0 Å². The predicted octanol–water partition coefficient (Wildman–Crippen LogP) is 2.14. The van der Waals surface area contributed by atoms with Gasteiger partial charge in [-0.25, -0.2) is 13.4 Å². The first-order valence-corrected chi connectivity index (χ1v) is 9.04. The smallest absolute Gasteiger partial charge is 0.245 e. The first-order valence-electron chi connectivity index (χ1n) is 6.38. The Bertz CT molecular complexity index is 646. The van der Waals surface area contributed by atoms with Gasteiger partial charge in [0.15, 0.2) is 11.4 Å². The zero-order valence-corrected chi connectivity index (χ0v) is 13.8. The van der Waals surface area contributed by atoms with Crippen molar-refractivity contribution < 1.29 is 8.42 Å². The van der Waals surface area contributed by atoms with Crippen LogP contribution in [0.5, 0.6) is 0 Å². The van der Waals surface area contributed by atoms with Gasteiger partial charge in [0.2, 0.25) is 10.0 Å². The van der Waals surface area contributed by atoms with Gasteiger partial charge in [-0.3, -0.25) is 5.32 Å². The maximum atomic E-state index is 12.6. The third kappa shape index (κ3) is 4.20. The molecule has 0 aromatic heterocycles. The summed E-state index contributed by atoms with van der Waals surface area (Å²) in [6.45, 7) is 4.36. The maximum Gasteiger partial charge on any atom is 0.245 e. The molecule has 8 heteroatoms. The number of nitriles is 1. The summed E-state index contributed by atoms with van der Waals surface area (Å²) >= 11 is 1.24. The molecule has 0 fully saturated rings. The van der Waals surface area contributed by atoms with Crippen molar-refractivity contribution in [3.05, 3.63) is 24.3 Å². The highest BCUT2D eigenvalue weighted by Crippen LogP contribution is 2.27. The minimum atomic E-state index is -3.59. The summed E-state index contributed by atoms with van der Waals surface area (Å²) in [4.78, 5) is 4.36. The Kier molecular flexibility index (Phi) is 6.68. The number of aliphatic imine (C=N–C) groups is 1. The highest BCUT2D eigenvalue weighted by atomic mass is 32.2. The Hall–Kier alpha value is -1.56. The first-order chi connectivity index (χ1) is 10.0. The molecular formula is C13H18N4O2S2. The zero-order chi connectivity index (χ0) is 15.9. The Morgan fingerprint density at radius 1 is 1.38 bits per heavy atom. The van der Waals surface area contributed by atoms with E-state index in [9.17, 15) is 8.42 Å². The summed E-state index contributed by atoms with van der Waals surface area (Å²) in [6, 6.07) is 6.51. The van der Waals surface area contributed by atoms with Crippen molar-refractivity contribution in [2.45, 2.75) is 18.7 Å². The third-order valence-electron chi connectivity index (χ3n) is 2.77. The number of nitrogens with zero attached hydrogens (tertiary/aromatic N) is 3. The largest absolute Gasteiger partial charge is 0.271 e. The van der Waals surface area contributed by atoms with Crippen LogP contribution in [0.15, 0.2) is 34.2 Å². The van der Waals surface area contributed by atoms with Gasteiger partial charge in [-0.1, -0.05) is 37.7 Å². The summed E-state index contributed by atoms with van der Waals surface area (Å²) in [5, 5.41) is 11.4. The number of hydrogen-bond donors (Lipinski definition) is 1. The van der Waals surface area contributed by atoms with Crippen LogP contribution in [-0.4, -0.2) is 37.2 Å². The number of nitrogens with one attached hydrogen (secondary N) is 1. The van der Waals surface area contributed by atoms with Crippen molar-refractivity contribution in [2.75, 3.05) is 19.3 Å². The summed E-state index contributed by atoms with van der Waals surface area (Å²) < 4.78 is 26.6. The fourth-order valence-corrected chi connectivity index (χ4v) is 3.68. The van der Waals surface area contributed by atoms with Crippen molar-refractivity contribution in [1.29, 1.82) is 5.26 Å². The van der Waals surface area contributed by atoms with Gasteiger partial charge < -0.3 is 0 Å². The summed E-state index contributed by atoms with van der Waals surface area (Å²) in [5.74, 6) is 0. The van der Waals surface area contributed by atoms with Crippen molar-refractivity contribution >= 4 is 32.6 Å². The van der Waals surface area contributed by atoms with Crippen LogP contribution in [0.25, 0.3) is 0 Å². The SMILES string of the molecule is CCN(CC)S(=O)(=O)c1ccccc1N=C(NC#N)SC. The zero-order valence-electron chi connectivity index (χ0n) is 12.2. The summed E-state index contributed by atoms with van der Waals surface area (Å²) in [7, 11) is -3.59. The van der Waals surface area contributed by atoms with Crippen molar-refractivity contribution in [1.82, 2.24) is 9.62 Å². The van der Waals surface area contributed by atoms with Crippen molar-refractivity contribution in [2.24, 2.45) is 4.99 Å². The van der Waals surface area contributed by atoms with Crippen molar-refractivity contribution in [3.8, 4) is 6.19 Å². The van der Waals surface area contributed by atoms with Gasteiger partial charge in [0.25, 0.3) is 0 Å². The molecule has 1 aromatic rings. The monoisotopic (exact) mass is 326 g/mol. The lowest BCUT2D eigenvalue weighted by Crippen LogP contribution is -2.30. The highest BCUT2D eigenvalue weighted by molar-refractivity contribution is 8.13. The molecule has 1 N–H and O–H groups in total. The fraction of sp³-hybridized carbons (Fsp3) is 0.385. The Morgan fingerprint density at radius 2 is 2.00 bits per heavy atom. The van der Waals surface area contributed by atoms with Crippen LogP contribution < -0.4 is 5.32 Å². The predicted molar refractivity (Wildman–Crippen MR) is 85.9 cm³/mol. The average molecular weight is 326 g/mol. The second kappa shape index (κ2) is 8.02. The molecule has 0 aliphatic rings. The average Bonchev–Trinajstić information content (AvgIpc) is 2.48. The van der Waals surface area contributed by atoms with Gasteiger partial charge in [0.1, 0.15) is 4.90 Å². The van der Waals surface area contributed by atoms with E-state index in [4.69, 9.17) is 5.26 Å². The standard InChI is InChI=1S/C13H18N4O2S2/c1-4-17(5-2)21(18,19)12-9-7-6-8-11(12)16-13(20-3)15-10-14/h6-9H,4-5H2,1-3H3,(H,15,16). The molecule has 0 atom stereocenters. The minimum absolute atomic E-state index is 0.139. The number of benzene rings is 1. The topological polar surface area (TPSA) is 85.6 Å². The number of thioether (sulfide) groups is 1. The van der Waals surface area contributed by atoms with Crippen molar-refractivity contribution in [3.63, 3.8) is 0 Å². The maximum absolute atomic E-state index is 12.6. The molecule has 0 radical (unpaired) electrons. The lowest BCUT2D eigenvalue weighted by atomic mass is 10.3. The van der Waals surface area contributed by atoms with Gasteiger partial charge in [0.05, 0.1) is 5.69 Å². The molecule has 1 aromatic carbocycles. The minimum Gasteiger partial charge on any atom is -0.271 e. The molecular weight excluding hydrogens is 308 g/mol. The summed E-state index contributed by atoms with van der Waals surface area (Å²) in [6.07, 6.45) is 3.54. The van der Waals surface area contributed by atoms with Crippen LogP contribution in [0.2, 0.25) is 0 Å². The molecule has 0 aliphatic heterocycles. The molecule has 6 nitrogen and oxygen atoms in total. The van der Waals surface area contributed by atoms with E-state index in [0.717, 1.165) is 0 Å². The molecule has 21 heavy (non-hydrogen) atoms. The van der Waals surface area contributed by atoms with Gasteiger partial charge >= 0.3 is 0 Å². The second-order valence-electron chi connectivity index (χ2n) is 3.91. The van der Waals surface area contributed by atoms with Crippen LogP contribution in [0, 0.1) is 11.5 Å². The number of amidine groups is 1. The van der Waals surface area contributed by atoms with E-state index in [-0.39, 0.29) is 4.90 Å². The number of rotatable bonds is 5. The molecule has 0 saturated heterocycles. The molecule has 0 amide bonds. The first kappa shape index (κ1) is 17.5. The van der Waals surface area contributed by atoms with Gasteiger partial charge in [-0.05, 0) is 18.4 Å². The second-order valence-corrected chi connectivity index (χ2v) is 6.62. The van der Waals surface area contributed by atoms with Gasteiger partial charge in [-0.2, -0.15) is 9.57 Å². The Balaban J connectivity index is 3.37. The van der Waals surface area contributed by atoms with E-state index in [1.54, 1.807) is 44.5 Å². The van der Waals surface area contributed by atoms with Crippen LogP contribution in [0.1, 0.15) is 13.8 Å². The normalized spacial score (nSPS) is 12.2. The molecule has 0 bridgehead atoms. The molecule has 0 unspecified atom stereocenters. The van der Waals surface area contributed by atoms with E-state index >= 15 is 0 Å². The van der Waals surface area contributed by atoms with Crippen LogP contribution in [0.3, 0.4) is 0 Å². The number of hydrogen-bond acceptors (Lipinski definition) is 5. The number of para-hydroxylation sites is 1. The third-order valence-corrected chi connectivity index (χ3v) is 5.44. The van der Waals surface area contributed by atoms with Gasteiger partial charge in [0, 0.05) is 13.1 Å². The quantitative estimate of drug-likeness (QED) is 0.388. The Morgan fingerprint density at radius 3 is 2.52 bits per heavy atom. The van der Waals surface area contributed by atoms with Crippen LogP contribution in [0.4, 0.5) is 5.69 Å². The Labute approximate surface area is 129 Å². The van der Waals surface area contributed by atoms with E-state index in [1.807, 2.05) is 0 Å². The fourth-order valence-electron chi connectivity index (χ4n) is 1.75. The lowest BCUT2D eigenvalue weighted by molar-refractivity contribution is 0.445.